The number of carbonyl (C=O) groups excluding carboxylic acids is 7. The second-order valence-electron chi connectivity index (χ2n) is 12.5. The summed E-state index contributed by atoms with van der Waals surface area (Å²) in [7, 11) is 0. The van der Waals surface area contributed by atoms with Crippen molar-refractivity contribution in [2.45, 2.75) is 104 Å². The highest BCUT2D eigenvalue weighted by Crippen LogP contribution is 2.36. The highest BCUT2D eigenvalue weighted by molar-refractivity contribution is 5.83. The molecule has 1 fully saturated rings. The Labute approximate surface area is 315 Å². The lowest BCUT2D eigenvalue weighted by Crippen LogP contribution is -2.63. The first-order chi connectivity index (χ1) is 26.0. The molecule has 1 amide bonds. The Morgan fingerprint density at radius 2 is 1.18 bits per heavy atom. The van der Waals surface area contributed by atoms with E-state index >= 15 is 0 Å². The first-order valence-corrected chi connectivity index (χ1v) is 17.1. The lowest BCUT2D eigenvalue weighted by Gasteiger charge is -2.45. The highest BCUT2D eigenvalue weighted by Gasteiger charge is 2.55. The zero-order valence-electron chi connectivity index (χ0n) is 31.2. The first kappa shape index (κ1) is 42.0. The minimum Gasteiger partial charge on any atom is -0.463 e. The third kappa shape index (κ3) is 11.9. The number of fused-ring (bicyclic) bond motifs is 1. The van der Waals surface area contributed by atoms with E-state index in [9.17, 15) is 33.6 Å². The third-order valence-electron chi connectivity index (χ3n) is 7.90. The SMILES string of the molecule is CC(=O)NC1=C(OC2C(OC(C)=O)[C@H](OCc3ccc4ccccc4c3)OC(COC(C)=O)[C@@H]2OC(C)=O)OC(COC(C)=O)[C@@H](OC(C)=O)C1OC(C)=O. The molecule has 0 aliphatic carbocycles. The quantitative estimate of drug-likeness (QED) is 0.214. The van der Waals surface area contributed by atoms with Crippen molar-refractivity contribution in [2.75, 3.05) is 13.2 Å². The zero-order valence-corrected chi connectivity index (χ0v) is 31.2. The molecule has 298 valence electrons. The van der Waals surface area contributed by atoms with Crippen LogP contribution in [0.4, 0.5) is 0 Å². The summed E-state index contributed by atoms with van der Waals surface area (Å²) in [5, 5.41) is 4.36. The molecule has 18 heteroatoms. The summed E-state index contributed by atoms with van der Waals surface area (Å²) in [6, 6.07) is 13.2. The number of esters is 6. The monoisotopic (exact) mass is 773 g/mol. The topological polar surface area (TPSA) is 224 Å². The van der Waals surface area contributed by atoms with Gasteiger partial charge in [-0.2, -0.15) is 0 Å². The zero-order chi connectivity index (χ0) is 40.4. The molecular formula is C37H43NO17. The third-order valence-corrected chi connectivity index (χ3v) is 7.90. The number of benzene rings is 2. The molecule has 18 nitrogen and oxygen atoms in total. The van der Waals surface area contributed by atoms with Crippen molar-refractivity contribution in [3.8, 4) is 0 Å². The van der Waals surface area contributed by atoms with Gasteiger partial charge in [0.1, 0.15) is 25.0 Å². The Morgan fingerprint density at radius 3 is 1.76 bits per heavy atom. The van der Waals surface area contributed by atoms with Crippen LogP contribution in [0.15, 0.2) is 54.1 Å². The van der Waals surface area contributed by atoms with E-state index in [4.69, 9.17) is 47.4 Å². The van der Waals surface area contributed by atoms with Gasteiger partial charge < -0.3 is 52.7 Å². The predicted octanol–water partition coefficient (Wildman–Crippen LogP) is 2.02. The second kappa shape index (κ2) is 19.0. The Hall–Kier alpha value is -5.75. The van der Waals surface area contributed by atoms with Crippen LogP contribution in [0.2, 0.25) is 0 Å². The minimum atomic E-state index is -1.64. The Balaban J connectivity index is 1.86. The molecule has 55 heavy (non-hydrogen) atoms. The molecule has 0 spiro atoms. The largest absolute Gasteiger partial charge is 0.463 e. The van der Waals surface area contributed by atoms with Gasteiger partial charge in [-0.1, -0.05) is 36.4 Å². The molecule has 2 heterocycles. The van der Waals surface area contributed by atoms with E-state index in [-0.39, 0.29) is 12.3 Å². The number of rotatable bonds is 14. The molecule has 0 aromatic heterocycles. The van der Waals surface area contributed by atoms with Gasteiger partial charge in [0, 0.05) is 48.5 Å². The molecule has 2 aromatic rings. The summed E-state index contributed by atoms with van der Waals surface area (Å²) < 4.78 is 57.4. The maximum absolute atomic E-state index is 12.7. The van der Waals surface area contributed by atoms with Crippen molar-refractivity contribution in [2.24, 2.45) is 0 Å². The maximum atomic E-state index is 12.7. The van der Waals surface area contributed by atoms with Crippen LogP contribution in [0.3, 0.4) is 0 Å². The minimum absolute atomic E-state index is 0.0993. The summed E-state index contributed by atoms with van der Waals surface area (Å²) in [5.74, 6) is -6.22. The van der Waals surface area contributed by atoms with Crippen LogP contribution in [0.5, 0.6) is 0 Å². The van der Waals surface area contributed by atoms with Gasteiger partial charge in [0.05, 0.1) is 6.61 Å². The van der Waals surface area contributed by atoms with Gasteiger partial charge in [0.15, 0.2) is 42.9 Å². The molecule has 2 aromatic carbocycles. The molecule has 2 aliphatic rings. The van der Waals surface area contributed by atoms with Crippen LogP contribution in [0, 0.1) is 0 Å². The summed E-state index contributed by atoms with van der Waals surface area (Å²) in [5.41, 5.74) is 0.313. The normalized spacial score (nSPS) is 24.7. The molecule has 1 saturated heterocycles. The van der Waals surface area contributed by atoms with Gasteiger partial charge in [-0.05, 0) is 22.4 Å². The van der Waals surface area contributed by atoms with E-state index in [1.165, 1.54) is 0 Å². The molecule has 5 unspecified atom stereocenters. The average molecular weight is 774 g/mol. The lowest BCUT2D eigenvalue weighted by atomic mass is 9.97. The van der Waals surface area contributed by atoms with Crippen LogP contribution in [-0.4, -0.2) is 104 Å². The highest BCUT2D eigenvalue weighted by atomic mass is 16.8. The molecule has 0 bridgehead atoms. The number of hydrogen-bond acceptors (Lipinski definition) is 17. The summed E-state index contributed by atoms with van der Waals surface area (Å²) in [6.45, 7) is 6.48. The van der Waals surface area contributed by atoms with E-state index in [1.54, 1.807) is 0 Å². The van der Waals surface area contributed by atoms with E-state index in [0.29, 0.717) is 5.56 Å². The summed E-state index contributed by atoms with van der Waals surface area (Å²) in [6.07, 6.45) is -12.1. The molecule has 0 radical (unpaired) electrons. The van der Waals surface area contributed by atoms with E-state index in [2.05, 4.69) is 5.32 Å². The molecule has 1 N–H and O–H groups in total. The molecular weight excluding hydrogens is 730 g/mol. The van der Waals surface area contributed by atoms with Crippen molar-refractivity contribution in [1.29, 1.82) is 0 Å². The summed E-state index contributed by atoms with van der Waals surface area (Å²) in [4.78, 5) is 86.2. The molecule has 8 atom stereocenters. The average Bonchev–Trinajstić information content (AvgIpc) is 3.09. The van der Waals surface area contributed by atoms with Crippen molar-refractivity contribution in [1.82, 2.24) is 5.32 Å². The van der Waals surface area contributed by atoms with Crippen LogP contribution in [-0.2, 0) is 87.5 Å². The second-order valence-corrected chi connectivity index (χ2v) is 12.5. The summed E-state index contributed by atoms with van der Waals surface area (Å²) >= 11 is 0. The number of amides is 1. The predicted molar refractivity (Wildman–Crippen MR) is 183 cm³/mol. The van der Waals surface area contributed by atoms with E-state index in [0.717, 1.165) is 59.2 Å². The van der Waals surface area contributed by atoms with Crippen LogP contribution < -0.4 is 5.32 Å². The lowest BCUT2D eigenvalue weighted by molar-refractivity contribution is -0.317. The van der Waals surface area contributed by atoms with E-state index < -0.39 is 110 Å². The first-order valence-electron chi connectivity index (χ1n) is 17.1. The Morgan fingerprint density at radius 1 is 0.618 bits per heavy atom. The molecule has 2 aliphatic heterocycles. The van der Waals surface area contributed by atoms with Gasteiger partial charge in [-0.25, -0.2) is 0 Å². The number of nitrogens with one attached hydrogen (secondary N) is 1. The van der Waals surface area contributed by atoms with Gasteiger partial charge in [0.25, 0.3) is 0 Å². The van der Waals surface area contributed by atoms with Gasteiger partial charge in [-0.15, -0.1) is 0 Å². The maximum Gasteiger partial charge on any atom is 0.304 e. The van der Waals surface area contributed by atoms with Crippen molar-refractivity contribution >= 4 is 52.5 Å². The van der Waals surface area contributed by atoms with Gasteiger partial charge in [0.2, 0.25) is 5.91 Å². The van der Waals surface area contributed by atoms with Crippen molar-refractivity contribution < 1.29 is 80.9 Å². The fourth-order valence-corrected chi connectivity index (χ4v) is 5.87. The standard InChI is InChI=1S/C37H43NO17/c1-18(39)38-30-33(51-23(6)44)31(49-21(4)42)28(16-46-19(2)40)53-36(30)55-34-32(50-22(5)43)29(17-47-20(3)41)54-37(35(34)52-24(7)45)48-15-25-12-13-26-10-8-9-11-27(26)14-25/h8-14,28-29,31-35,37H,15-17H2,1-7H3,(H,38,39)/t28?,29?,31-,32+,33?,34?,35?,37-/m1/s1. The van der Waals surface area contributed by atoms with Crippen molar-refractivity contribution in [3.63, 3.8) is 0 Å². The van der Waals surface area contributed by atoms with Crippen molar-refractivity contribution in [3.05, 3.63) is 59.7 Å². The fourth-order valence-electron chi connectivity index (χ4n) is 5.87. The Kier molecular flexibility index (Phi) is 14.5. The molecule has 4 rings (SSSR count). The van der Waals surface area contributed by atoms with Gasteiger partial charge in [-0.3, -0.25) is 33.6 Å². The van der Waals surface area contributed by atoms with Crippen LogP contribution in [0.25, 0.3) is 10.8 Å². The van der Waals surface area contributed by atoms with E-state index in [1.807, 2.05) is 42.5 Å². The number of hydrogen-bond donors (Lipinski definition) is 1. The molecule has 0 saturated carbocycles. The number of carbonyl (C=O) groups is 7. The Bertz CT molecular complexity index is 1810. The van der Waals surface area contributed by atoms with Crippen LogP contribution >= 0.6 is 0 Å². The number of ether oxygens (including phenoxy) is 10. The fraction of sp³-hybridized carbons (Fsp3) is 0.486. The van der Waals surface area contributed by atoms with Gasteiger partial charge >= 0.3 is 41.8 Å². The van der Waals surface area contributed by atoms with Crippen LogP contribution in [0.1, 0.15) is 54.0 Å². The smallest absolute Gasteiger partial charge is 0.304 e.